The molecule has 0 aliphatic heterocycles. The van der Waals surface area contributed by atoms with Gasteiger partial charge in [0.25, 0.3) is 0 Å². The molecular formula is C7H9NO. The molecule has 0 aromatic carbocycles. The number of hydrogen-bond acceptors (Lipinski definition) is 2. The highest BCUT2D eigenvalue weighted by molar-refractivity contribution is 5.37. The highest BCUT2D eigenvalue weighted by atomic mass is 16.4. The van der Waals surface area contributed by atoms with Crippen molar-refractivity contribution in [1.29, 1.82) is 0 Å². The average Bonchev–Trinajstić information content (AvgIpc) is 2.34. The zero-order valence-corrected chi connectivity index (χ0v) is 5.42. The third-order valence-electron chi connectivity index (χ3n) is 1.15. The molecule has 0 aliphatic carbocycles. The van der Waals surface area contributed by atoms with E-state index in [-0.39, 0.29) is 0 Å². The quantitative estimate of drug-likeness (QED) is 0.553. The van der Waals surface area contributed by atoms with Crippen LogP contribution >= 0.6 is 0 Å². The Bertz CT molecular complexity index is 202. The van der Waals surface area contributed by atoms with Gasteiger partial charge in [-0.25, -0.2) is 4.99 Å². The number of rotatable bonds is 2. The number of furan rings is 1. The molecule has 2 heteroatoms. The highest BCUT2D eigenvalue weighted by Crippen LogP contribution is 2.15. The van der Waals surface area contributed by atoms with Gasteiger partial charge >= 0.3 is 0 Å². The van der Waals surface area contributed by atoms with Crippen LogP contribution in [-0.2, 0) is 6.42 Å². The minimum atomic E-state index is 0.604. The van der Waals surface area contributed by atoms with Gasteiger partial charge in [0.15, 0.2) is 0 Å². The van der Waals surface area contributed by atoms with E-state index < -0.39 is 0 Å². The van der Waals surface area contributed by atoms with Crippen LogP contribution in [0.3, 0.4) is 0 Å². The third-order valence-corrected chi connectivity index (χ3v) is 1.15. The van der Waals surface area contributed by atoms with Crippen molar-refractivity contribution in [1.82, 2.24) is 0 Å². The van der Waals surface area contributed by atoms with E-state index in [1.165, 1.54) is 0 Å². The van der Waals surface area contributed by atoms with Gasteiger partial charge in [-0.15, -0.1) is 0 Å². The average molecular weight is 123 g/mol. The number of hydrogen-bond donors (Lipinski definition) is 0. The Morgan fingerprint density at radius 3 is 2.78 bits per heavy atom. The molecule has 0 bridgehead atoms. The lowest BCUT2D eigenvalue weighted by molar-refractivity contribution is 0.526. The molecule has 48 valence electrons. The van der Waals surface area contributed by atoms with Crippen LogP contribution in [0, 0.1) is 0 Å². The molecule has 2 nitrogen and oxygen atoms in total. The minimum Gasteiger partial charge on any atom is -0.443 e. The van der Waals surface area contributed by atoms with E-state index in [1.54, 1.807) is 0 Å². The molecule has 0 saturated heterocycles. The summed E-state index contributed by atoms with van der Waals surface area (Å²) in [6.07, 6.45) is 0.912. The molecule has 0 atom stereocenters. The molecule has 0 spiro atoms. The van der Waals surface area contributed by atoms with Gasteiger partial charge in [0.05, 0.1) is 0 Å². The van der Waals surface area contributed by atoms with E-state index in [0.717, 1.165) is 12.2 Å². The number of aryl methyl sites for hydroxylation is 1. The lowest BCUT2D eigenvalue weighted by atomic mass is 10.4. The molecule has 0 aliphatic rings. The smallest absolute Gasteiger partial charge is 0.218 e. The monoisotopic (exact) mass is 123 g/mol. The molecule has 0 radical (unpaired) electrons. The summed E-state index contributed by atoms with van der Waals surface area (Å²) >= 11 is 0. The molecule has 1 aromatic rings. The van der Waals surface area contributed by atoms with Crippen molar-refractivity contribution < 1.29 is 4.42 Å². The van der Waals surface area contributed by atoms with Crippen LogP contribution < -0.4 is 0 Å². The predicted octanol–water partition coefficient (Wildman–Crippen LogP) is 2.17. The summed E-state index contributed by atoms with van der Waals surface area (Å²) in [6, 6.07) is 3.72. The van der Waals surface area contributed by atoms with Crippen LogP contribution in [0.5, 0.6) is 0 Å². The topological polar surface area (TPSA) is 25.5 Å². The molecule has 1 heterocycles. The molecule has 1 rings (SSSR count). The normalized spacial score (nSPS) is 9.44. The molecule has 1 aromatic heterocycles. The first-order chi connectivity index (χ1) is 4.36. The number of aliphatic imine (C=N–C) groups is 1. The highest BCUT2D eigenvalue weighted by Gasteiger charge is 1.94. The van der Waals surface area contributed by atoms with Crippen molar-refractivity contribution in [3.05, 3.63) is 17.9 Å². The lowest BCUT2D eigenvalue weighted by Gasteiger charge is -1.83. The van der Waals surface area contributed by atoms with Gasteiger partial charge in [0, 0.05) is 12.5 Å². The first-order valence-electron chi connectivity index (χ1n) is 2.92. The van der Waals surface area contributed by atoms with Gasteiger partial charge in [-0.1, -0.05) is 6.92 Å². The summed E-state index contributed by atoms with van der Waals surface area (Å²) in [6.45, 7) is 5.37. The van der Waals surface area contributed by atoms with Crippen molar-refractivity contribution in [2.75, 3.05) is 0 Å². The Morgan fingerprint density at radius 1 is 1.67 bits per heavy atom. The van der Waals surface area contributed by atoms with Crippen molar-refractivity contribution >= 4 is 12.6 Å². The fourth-order valence-corrected chi connectivity index (χ4v) is 0.642. The molecule has 0 amide bonds. The molecule has 9 heavy (non-hydrogen) atoms. The zero-order chi connectivity index (χ0) is 6.69. The van der Waals surface area contributed by atoms with Crippen molar-refractivity contribution in [3.63, 3.8) is 0 Å². The van der Waals surface area contributed by atoms with Crippen molar-refractivity contribution in [3.8, 4) is 0 Å². The number of nitrogens with zero attached hydrogens (tertiary/aromatic N) is 1. The van der Waals surface area contributed by atoms with Crippen LogP contribution in [-0.4, -0.2) is 6.72 Å². The van der Waals surface area contributed by atoms with E-state index in [0.29, 0.717) is 5.88 Å². The Kier molecular flexibility index (Phi) is 1.68. The minimum absolute atomic E-state index is 0.604. The standard InChI is InChI=1S/C7H9NO/c1-3-6-4-5-7(8-2)9-6/h4-5H,2-3H2,1H3. The van der Waals surface area contributed by atoms with Gasteiger partial charge in [0.2, 0.25) is 5.88 Å². The fourth-order valence-electron chi connectivity index (χ4n) is 0.642. The van der Waals surface area contributed by atoms with E-state index in [2.05, 4.69) is 11.7 Å². The van der Waals surface area contributed by atoms with Gasteiger partial charge in [0.1, 0.15) is 5.76 Å². The third kappa shape index (κ3) is 1.19. The van der Waals surface area contributed by atoms with Gasteiger partial charge in [-0.2, -0.15) is 0 Å². The molecule has 0 saturated carbocycles. The summed E-state index contributed by atoms with van der Waals surface area (Å²) in [5.41, 5.74) is 0. The molecule has 0 unspecified atom stereocenters. The maximum absolute atomic E-state index is 5.15. The largest absolute Gasteiger partial charge is 0.443 e. The second-order valence-corrected chi connectivity index (χ2v) is 1.75. The SMILES string of the molecule is C=Nc1ccc(CC)o1. The van der Waals surface area contributed by atoms with E-state index >= 15 is 0 Å². The van der Waals surface area contributed by atoms with Gasteiger partial charge in [-0.3, -0.25) is 0 Å². The molecular weight excluding hydrogens is 114 g/mol. The van der Waals surface area contributed by atoms with Crippen LogP contribution in [0.15, 0.2) is 21.5 Å². The van der Waals surface area contributed by atoms with Crippen molar-refractivity contribution in [2.24, 2.45) is 4.99 Å². The second kappa shape index (κ2) is 2.49. The first-order valence-corrected chi connectivity index (χ1v) is 2.92. The van der Waals surface area contributed by atoms with E-state index in [1.807, 2.05) is 19.1 Å². The van der Waals surface area contributed by atoms with Crippen molar-refractivity contribution in [2.45, 2.75) is 13.3 Å². The Balaban J connectivity index is 2.86. The maximum atomic E-state index is 5.15. The maximum Gasteiger partial charge on any atom is 0.218 e. The summed E-state index contributed by atoms with van der Waals surface area (Å²) in [4.78, 5) is 3.62. The summed E-state index contributed by atoms with van der Waals surface area (Å²) in [5.74, 6) is 1.56. The summed E-state index contributed by atoms with van der Waals surface area (Å²) in [7, 11) is 0. The molecule has 0 N–H and O–H groups in total. The lowest BCUT2D eigenvalue weighted by Crippen LogP contribution is -1.67. The summed E-state index contributed by atoms with van der Waals surface area (Å²) < 4.78 is 5.15. The van der Waals surface area contributed by atoms with Gasteiger partial charge < -0.3 is 4.42 Å². The first kappa shape index (κ1) is 6.08. The fraction of sp³-hybridized carbons (Fsp3) is 0.286. The van der Waals surface area contributed by atoms with Crippen LogP contribution in [0.1, 0.15) is 12.7 Å². The predicted molar refractivity (Wildman–Crippen MR) is 37.3 cm³/mol. The summed E-state index contributed by atoms with van der Waals surface area (Å²) in [5, 5.41) is 0. The Labute approximate surface area is 54.2 Å². The van der Waals surface area contributed by atoms with E-state index in [9.17, 15) is 0 Å². The Hall–Kier alpha value is -1.05. The zero-order valence-electron chi connectivity index (χ0n) is 5.42. The Morgan fingerprint density at radius 2 is 2.44 bits per heavy atom. The molecule has 0 fully saturated rings. The van der Waals surface area contributed by atoms with Crippen LogP contribution in [0.2, 0.25) is 0 Å². The van der Waals surface area contributed by atoms with E-state index in [4.69, 9.17) is 4.42 Å². The van der Waals surface area contributed by atoms with Crippen LogP contribution in [0.4, 0.5) is 5.88 Å². The second-order valence-electron chi connectivity index (χ2n) is 1.75. The van der Waals surface area contributed by atoms with Crippen LogP contribution in [0.25, 0.3) is 0 Å². The van der Waals surface area contributed by atoms with Gasteiger partial charge in [-0.05, 0) is 12.8 Å².